The number of aliphatic imine (C=N–C) groups is 1. The lowest BCUT2D eigenvalue weighted by molar-refractivity contribution is 0.00578. The fourth-order valence-corrected chi connectivity index (χ4v) is 4.80. The van der Waals surface area contributed by atoms with E-state index in [1.54, 1.807) is 12.5 Å². The zero-order chi connectivity index (χ0) is 25.1. The predicted octanol–water partition coefficient (Wildman–Crippen LogP) is 5.07. The van der Waals surface area contributed by atoms with E-state index >= 15 is 0 Å². The lowest BCUT2D eigenvalue weighted by Crippen LogP contribution is -2.41. The number of rotatable bonds is 4. The Morgan fingerprint density at radius 3 is 2.28 bits per heavy atom. The average Bonchev–Trinajstić information content (AvgIpc) is 3.52. The van der Waals surface area contributed by atoms with Gasteiger partial charge >= 0.3 is 7.12 Å². The number of benzene rings is 2. The fraction of sp³-hybridized carbons (Fsp3) is 0.321. The number of nitrogens with zero attached hydrogens (tertiary/aromatic N) is 3. The summed E-state index contributed by atoms with van der Waals surface area (Å²) in [7, 11) is -0.414. The summed E-state index contributed by atoms with van der Waals surface area (Å²) in [6.07, 6.45) is 3.69. The third-order valence-electron chi connectivity index (χ3n) is 7.49. The number of aryl methyl sites for hydroxylation is 1. The molecule has 6 rings (SSSR count). The predicted molar refractivity (Wildman–Crippen MR) is 137 cm³/mol. The summed E-state index contributed by atoms with van der Waals surface area (Å²) in [5.74, 6) is 1.33. The first-order chi connectivity index (χ1) is 17.2. The van der Waals surface area contributed by atoms with Crippen LogP contribution in [0.3, 0.4) is 0 Å². The first-order valence-corrected chi connectivity index (χ1v) is 12.2. The Labute approximate surface area is 210 Å². The second-order valence-electron chi connectivity index (χ2n) is 10.4. The van der Waals surface area contributed by atoms with Crippen molar-refractivity contribution in [2.45, 2.75) is 58.3 Å². The van der Waals surface area contributed by atoms with Crippen molar-refractivity contribution in [1.82, 2.24) is 10.1 Å². The third-order valence-corrected chi connectivity index (χ3v) is 7.49. The molecule has 2 aliphatic heterocycles. The topological polar surface area (TPSA) is 82.9 Å². The molecule has 36 heavy (non-hydrogen) atoms. The number of hydrogen-bond donors (Lipinski definition) is 0. The van der Waals surface area contributed by atoms with Crippen molar-refractivity contribution < 1.29 is 18.2 Å². The van der Waals surface area contributed by atoms with Crippen molar-refractivity contribution >= 4 is 18.3 Å². The molecule has 4 heterocycles. The molecule has 0 aliphatic carbocycles. The second kappa shape index (κ2) is 8.28. The van der Waals surface area contributed by atoms with Crippen LogP contribution in [0.5, 0.6) is 0 Å². The molecule has 0 spiro atoms. The first-order valence-electron chi connectivity index (χ1n) is 12.2. The van der Waals surface area contributed by atoms with E-state index in [1.807, 2.05) is 19.1 Å². The van der Waals surface area contributed by atoms with Gasteiger partial charge in [-0.2, -0.15) is 0 Å². The van der Waals surface area contributed by atoms with Crippen LogP contribution < -0.4 is 5.46 Å². The van der Waals surface area contributed by atoms with E-state index in [0.717, 1.165) is 44.9 Å². The molecule has 0 amide bonds. The van der Waals surface area contributed by atoms with Crippen molar-refractivity contribution in [2.24, 2.45) is 4.99 Å². The standard InChI is InChI=1S/C28H28BN3O4/c1-17-24-20-8-6-7-9-21(20)25(31-22(26(24)34-32-17)16-23-30-14-15-33-23)18-10-12-19(13-11-18)29-35-27(2,3)28(4,5)36-29/h6-15,22H,16H2,1-5H3/t22-/m0/s1. The zero-order valence-corrected chi connectivity index (χ0v) is 21.1. The SMILES string of the molecule is Cc1noc2c1-c1ccccc1C(c1ccc(B3OC(C)(C)C(C)(C)O3)cc1)=N[C@H]2Cc1ncco1. The highest BCUT2D eigenvalue weighted by Crippen LogP contribution is 2.41. The van der Waals surface area contributed by atoms with Crippen LogP contribution in [0.25, 0.3) is 11.1 Å². The quantitative estimate of drug-likeness (QED) is 0.379. The molecule has 182 valence electrons. The molecule has 0 bridgehead atoms. The van der Waals surface area contributed by atoms with Crippen LogP contribution in [-0.4, -0.2) is 34.2 Å². The Morgan fingerprint density at radius 1 is 0.917 bits per heavy atom. The number of oxazole rings is 1. The van der Waals surface area contributed by atoms with Crippen LogP contribution in [0.2, 0.25) is 0 Å². The molecule has 1 fully saturated rings. The summed E-state index contributed by atoms with van der Waals surface area (Å²) < 4.78 is 23.9. The minimum atomic E-state index is -0.414. The summed E-state index contributed by atoms with van der Waals surface area (Å²) in [5, 5.41) is 4.27. The number of fused-ring (bicyclic) bond motifs is 3. The number of hydrogen-bond acceptors (Lipinski definition) is 7. The molecule has 0 N–H and O–H groups in total. The maximum Gasteiger partial charge on any atom is 0.494 e. The average molecular weight is 481 g/mol. The highest BCUT2D eigenvalue weighted by atomic mass is 16.7. The summed E-state index contributed by atoms with van der Waals surface area (Å²) in [6, 6.07) is 16.2. The van der Waals surface area contributed by atoms with E-state index in [2.05, 4.69) is 74.2 Å². The largest absolute Gasteiger partial charge is 0.494 e. The van der Waals surface area contributed by atoms with Crippen LogP contribution in [0.1, 0.15) is 62.2 Å². The summed E-state index contributed by atoms with van der Waals surface area (Å²) >= 11 is 0. The van der Waals surface area contributed by atoms with Gasteiger partial charge in [0.05, 0.1) is 40.8 Å². The van der Waals surface area contributed by atoms with Gasteiger partial charge in [-0.1, -0.05) is 53.7 Å². The number of aromatic nitrogens is 2. The van der Waals surface area contributed by atoms with Crippen LogP contribution in [0, 0.1) is 6.92 Å². The molecular formula is C28H28BN3O4. The van der Waals surface area contributed by atoms with Gasteiger partial charge in [-0.15, -0.1) is 0 Å². The summed E-state index contributed by atoms with van der Waals surface area (Å²) in [5.41, 5.74) is 5.97. The minimum Gasteiger partial charge on any atom is -0.449 e. The maximum atomic E-state index is 6.24. The Hall–Kier alpha value is -3.49. The van der Waals surface area contributed by atoms with Crippen molar-refractivity contribution in [1.29, 1.82) is 0 Å². The smallest absolute Gasteiger partial charge is 0.449 e. The molecule has 1 atom stereocenters. The maximum absolute atomic E-state index is 6.24. The van der Waals surface area contributed by atoms with Gasteiger partial charge in [-0.3, -0.25) is 4.99 Å². The molecule has 7 nitrogen and oxygen atoms in total. The van der Waals surface area contributed by atoms with Crippen molar-refractivity contribution in [3.8, 4) is 11.1 Å². The van der Waals surface area contributed by atoms with Gasteiger partial charge < -0.3 is 18.2 Å². The molecular weight excluding hydrogens is 453 g/mol. The van der Waals surface area contributed by atoms with Crippen molar-refractivity contribution in [2.75, 3.05) is 0 Å². The van der Waals surface area contributed by atoms with Crippen molar-refractivity contribution in [3.05, 3.63) is 89.5 Å². The van der Waals surface area contributed by atoms with Gasteiger partial charge in [-0.25, -0.2) is 4.98 Å². The first kappa shape index (κ1) is 22.9. The molecule has 8 heteroatoms. The third kappa shape index (κ3) is 3.72. The lowest BCUT2D eigenvalue weighted by atomic mass is 9.78. The molecule has 2 aromatic carbocycles. The fourth-order valence-electron chi connectivity index (χ4n) is 4.80. The molecule has 0 unspecified atom stereocenters. The molecule has 2 aromatic heterocycles. The van der Waals surface area contributed by atoms with Gasteiger partial charge in [0.15, 0.2) is 11.7 Å². The Bertz CT molecular complexity index is 1420. The highest BCUT2D eigenvalue weighted by Gasteiger charge is 2.51. The Morgan fingerprint density at radius 2 is 1.61 bits per heavy atom. The summed E-state index contributed by atoms with van der Waals surface area (Å²) in [6.45, 7) is 10.2. The Kier molecular flexibility index (Phi) is 5.28. The molecule has 0 saturated carbocycles. The normalized spacial score (nSPS) is 20.0. The van der Waals surface area contributed by atoms with Crippen LogP contribution in [-0.2, 0) is 15.7 Å². The van der Waals surface area contributed by atoms with E-state index in [1.165, 1.54) is 0 Å². The monoisotopic (exact) mass is 481 g/mol. The van der Waals surface area contributed by atoms with E-state index in [0.29, 0.717) is 12.3 Å². The molecule has 0 radical (unpaired) electrons. The summed E-state index contributed by atoms with van der Waals surface area (Å²) in [4.78, 5) is 9.53. The van der Waals surface area contributed by atoms with E-state index in [4.69, 9.17) is 23.2 Å². The van der Waals surface area contributed by atoms with Gasteiger partial charge in [0.2, 0.25) is 0 Å². The Balaban J connectivity index is 1.43. The van der Waals surface area contributed by atoms with Gasteiger partial charge in [0.25, 0.3) is 0 Å². The minimum absolute atomic E-state index is 0.329. The molecule has 1 saturated heterocycles. The van der Waals surface area contributed by atoms with Crippen LogP contribution in [0.4, 0.5) is 0 Å². The second-order valence-corrected chi connectivity index (χ2v) is 10.4. The molecule has 4 aromatic rings. The van der Waals surface area contributed by atoms with Crippen molar-refractivity contribution in [3.63, 3.8) is 0 Å². The molecule has 2 aliphatic rings. The van der Waals surface area contributed by atoms with E-state index < -0.39 is 7.12 Å². The highest BCUT2D eigenvalue weighted by molar-refractivity contribution is 6.62. The van der Waals surface area contributed by atoms with E-state index in [9.17, 15) is 0 Å². The van der Waals surface area contributed by atoms with Crippen LogP contribution in [0.15, 0.2) is 74.9 Å². The zero-order valence-electron chi connectivity index (χ0n) is 21.1. The van der Waals surface area contributed by atoms with Gasteiger partial charge in [-0.05, 0) is 45.6 Å². The van der Waals surface area contributed by atoms with Crippen LogP contribution >= 0.6 is 0 Å². The van der Waals surface area contributed by atoms with Gasteiger partial charge in [0, 0.05) is 11.1 Å². The van der Waals surface area contributed by atoms with E-state index in [-0.39, 0.29) is 17.2 Å². The lowest BCUT2D eigenvalue weighted by Gasteiger charge is -2.32. The van der Waals surface area contributed by atoms with Gasteiger partial charge in [0.1, 0.15) is 12.3 Å².